The van der Waals surface area contributed by atoms with E-state index in [0.29, 0.717) is 36.1 Å². The minimum absolute atomic E-state index is 0.0391. The smallest absolute Gasteiger partial charge is 0.437 e. The molecule has 0 saturated carbocycles. The number of ether oxygens (including phenoxy) is 1. The maximum absolute atomic E-state index is 12.2. The Labute approximate surface area is 152 Å². The number of para-hydroxylation sites is 1. The Bertz CT molecular complexity index is 999. The zero-order chi connectivity index (χ0) is 18.1. The molecule has 0 radical (unpaired) electrons. The molecule has 3 aromatic rings. The first-order chi connectivity index (χ1) is 12.7. The summed E-state index contributed by atoms with van der Waals surface area (Å²) in [6.45, 7) is 2.94. The fourth-order valence-electron chi connectivity index (χ4n) is 2.76. The summed E-state index contributed by atoms with van der Waals surface area (Å²) in [5.41, 5.74) is 0.562. The SMILES string of the molecule is CCOc1cccc2cc(-c3nn(CC(=O)N4CCSC4)c(=O)o3)oc12. The van der Waals surface area contributed by atoms with Crippen LogP contribution in [0, 0.1) is 0 Å². The second kappa shape index (κ2) is 6.91. The minimum atomic E-state index is -0.689. The van der Waals surface area contributed by atoms with Crippen molar-refractivity contribution in [2.24, 2.45) is 0 Å². The van der Waals surface area contributed by atoms with Crippen molar-refractivity contribution in [3.63, 3.8) is 0 Å². The molecule has 2 aromatic heterocycles. The van der Waals surface area contributed by atoms with Crippen molar-refractivity contribution >= 4 is 28.6 Å². The average molecular weight is 375 g/mol. The fraction of sp³-hybridized carbons (Fsp3) is 0.353. The zero-order valence-electron chi connectivity index (χ0n) is 14.1. The first-order valence-electron chi connectivity index (χ1n) is 8.25. The Morgan fingerprint density at radius 3 is 3.04 bits per heavy atom. The van der Waals surface area contributed by atoms with Gasteiger partial charge in [0.25, 0.3) is 5.89 Å². The molecular formula is C17H17N3O5S. The van der Waals surface area contributed by atoms with Gasteiger partial charge < -0.3 is 18.5 Å². The summed E-state index contributed by atoms with van der Waals surface area (Å²) < 4.78 is 17.5. The molecule has 9 heteroatoms. The van der Waals surface area contributed by atoms with E-state index in [1.165, 1.54) is 0 Å². The van der Waals surface area contributed by atoms with Crippen molar-refractivity contribution < 1.29 is 18.4 Å². The third kappa shape index (κ3) is 3.10. The third-order valence-electron chi connectivity index (χ3n) is 4.02. The van der Waals surface area contributed by atoms with Crippen LogP contribution in [-0.2, 0) is 11.3 Å². The molecule has 0 bridgehead atoms. The Morgan fingerprint density at radius 1 is 1.38 bits per heavy atom. The van der Waals surface area contributed by atoms with Crippen LogP contribution in [0.2, 0.25) is 0 Å². The van der Waals surface area contributed by atoms with Gasteiger partial charge in [-0.15, -0.1) is 16.9 Å². The lowest BCUT2D eigenvalue weighted by atomic mass is 10.2. The Balaban J connectivity index is 1.62. The van der Waals surface area contributed by atoms with Crippen molar-refractivity contribution in [3.8, 4) is 17.4 Å². The van der Waals surface area contributed by atoms with E-state index in [1.807, 2.05) is 19.1 Å². The number of aromatic nitrogens is 2. The summed E-state index contributed by atoms with van der Waals surface area (Å²) in [5.74, 6) is 1.67. The molecule has 3 heterocycles. The molecule has 0 atom stereocenters. The van der Waals surface area contributed by atoms with Crippen LogP contribution in [0.15, 0.2) is 37.9 Å². The van der Waals surface area contributed by atoms with E-state index in [9.17, 15) is 9.59 Å². The highest BCUT2D eigenvalue weighted by molar-refractivity contribution is 7.99. The molecule has 0 unspecified atom stereocenters. The lowest BCUT2D eigenvalue weighted by molar-refractivity contribution is -0.130. The van der Waals surface area contributed by atoms with Gasteiger partial charge in [-0.25, -0.2) is 4.79 Å². The van der Waals surface area contributed by atoms with Gasteiger partial charge in [0.05, 0.1) is 12.5 Å². The van der Waals surface area contributed by atoms with Gasteiger partial charge in [-0.3, -0.25) is 4.79 Å². The van der Waals surface area contributed by atoms with Crippen LogP contribution in [0.25, 0.3) is 22.6 Å². The topological polar surface area (TPSA) is 90.7 Å². The van der Waals surface area contributed by atoms with Crippen LogP contribution in [0.3, 0.4) is 0 Å². The summed E-state index contributed by atoms with van der Waals surface area (Å²) in [5, 5.41) is 4.92. The molecule has 0 aliphatic carbocycles. The summed E-state index contributed by atoms with van der Waals surface area (Å²) in [7, 11) is 0. The van der Waals surface area contributed by atoms with E-state index in [-0.39, 0.29) is 18.3 Å². The summed E-state index contributed by atoms with van der Waals surface area (Å²) in [4.78, 5) is 25.9. The van der Waals surface area contributed by atoms with Gasteiger partial charge in [0, 0.05) is 17.7 Å². The van der Waals surface area contributed by atoms with Gasteiger partial charge in [0.1, 0.15) is 6.54 Å². The average Bonchev–Trinajstić information content (AvgIpc) is 3.35. The number of hydrogen-bond donors (Lipinski definition) is 0. The van der Waals surface area contributed by atoms with E-state index < -0.39 is 5.76 Å². The number of thioether (sulfide) groups is 1. The molecule has 1 aromatic carbocycles. The van der Waals surface area contributed by atoms with Gasteiger partial charge >= 0.3 is 5.76 Å². The normalized spacial score (nSPS) is 14.3. The highest BCUT2D eigenvalue weighted by Crippen LogP contribution is 2.32. The molecule has 26 heavy (non-hydrogen) atoms. The molecule has 1 fully saturated rings. The van der Waals surface area contributed by atoms with Crippen LogP contribution >= 0.6 is 11.8 Å². The number of rotatable bonds is 5. The number of fused-ring (bicyclic) bond motifs is 1. The molecule has 136 valence electrons. The molecule has 1 aliphatic rings. The highest BCUT2D eigenvalue weighted by atomic mass is 32.2. The van der Waals surface area contributed by atoms with Gasteiger partial charge in [-0.1, -0.05) is 12.1 Å². The number of carbonyl (C=O) groups excluding carboxylic acids is 1. The maximum Gasteiger partial charge on any atom is 0.437 e. The Hall–Kier alpha value is -2.68. The van der Waals surface area contributed by atoms with E-state index in [0.717, 1.165) is 15.8 Å². The van der Waals surface area contributed by atoms with Gasteiger partial charge in [0.15, 0.2) is 17.1 Å². The fourth-order valence-corrected chi connectivity index (χ4v) is 3.73. The minimum Gasteiger partial charge on any atom is -0.490 e. The number of furan rings is 1. The number of carbonyl (C=O) groups is 1. The number of amides is 1. The molecule has 0 spiro atoms. The maximum atomic E-state index is 12.2. The quantitative estimate of drug-likeness (QED) is 0.675. The molecule has 4 rings (SSSR count). The second-order valence-electron chi connectivity index (χ2n) is 5.74. The third-order valence-corrected chi connectivity index (χ3v) is 4.98. The monoisotopic (exact) mass is 375 g/mol. The summed E-state index contributed by atoms with van der Waals surface area (Å²) >= 11 is 1.68. The van der Waals surface area contributed by atoms with Crippen LogP contribution < -0.4 is 10.5 Å². The second-order valence-corrected chi connectivity index (χ2v) is 6.82. The Morgan fingerprint density at radius 2 is 2.27 bits per heavy atom. The van der Waals surface area contributed by atoms with Crippen molar-refractivity contribution in [1.82, 2.24) is 14.7 Å². The van der Waals surface area contributed by atoms with E-state index in [4.69, 9.17) is 13.6 Å². The first-order valence-corrected chi connectivity index (χ1v) is 9.40. The molecule has 1 saturated heterocycles. The number of nitrogens with zero attached hydrogens (tertiary/aromatic N) is 3. The molecular weight excluding hydrogens is 358 g/mol. The zero-order valence-corrected chi connectivity index (χ0v) is 15.0. The van der Waals surface area contributed by atoms with Crippen molar-refractivity contribution in [2.45, 2.75) is 13.5 Å². The largest absolute Gasteiger partial charge is 0.490 e. The summed E-state index contributed by atoms with van der Waals surface area (Å²) in [6, 6.07) is 7.26. The van der Waals surface area contributed by atoms with Gasteiger partial charge in [0.2, 0.25) is 5.91 Å². The van der Waals surface area contributed by atoms with E-state index in [1.54, 1.807) is 28.8 Å². The molecule has 1 aliphatic heterocycles. The van der Waals surface area contributed by atoms with Crippen molar-refractivity contribution in [2.75, 3.05) is 24.8 Å². The predicted octanol–water partition coefficient (Wildman–Crippen LogP) is 2.18. The van der Waals surface area contributed by atoms with Crippen LogP contribution in [-0.4, -0.2) is 45.4 Å². The lowest BCUT2D eigenvalue weighted by Gasteiger charge is -2.12. The standard InChI is InChI=1S/C17H17N3O5S/c1-2-23-12-5-3-4-11-8-13(24-15(11)12)16-18-20(17(22)25-16)9-14(21)19-6-7-26-10-19/h3-5,8H,2,6-7,9-10H2,1H3. The van der Waals surface area contributed by atoms with Crippen molar-refractivity contribution in [1.29, 1.82) is 0 Å². The first kappa shape index (κ1) is 16.8. The number of hydrogen-bond acceptors (Lipinski definition) is 7. The molecule has 8 nitrogen and oxygen atoms in total. The Kier molecular flexibility index (Phi) is 4.46. The molecule has 0 N–H and O–H groups in total. The van der Waals surface area contributed by atoms with Gasteiger partial charge in [-0.2, -0.15) is 4.68 Å². The summed E-state index contributed by atoms with van der Waals surface area (Å²) in [6.07, 6.45) is 0. The number of benzene rings is 1. The van der Waals surface area contributed by atoms with E-state index in [2.05, 4.69) is 5.10 Å². The highest BCUT2D eigenvalue weighted by Gasteiger charge is 2.22. The van der Waals surface area contributed by atoms with Crippen LogP contribution in [0.4, 0.5) is 0 Å². The predicted molar refractivity (Wildman–Crippen MR) is 96.2 cm³/mol. The van der Waals surface area contributed by atoms with Crippen LogP contribution in [0.5, 0.6) is 5.75 Å². The van der Waals surface area contributed by atoms with E-state index >= 15 is 0 Å². The van der Waals surface area contributed by atoms with Crippen LogP contribution in [0.1, 0.15) is 6.92 Å². The van der Waals surface area contributed by atoms with Gasteiger partial charge in [-0.05, 0) is 19.1 Å². The molecule has 1 amide bonds. The lowest BCUT2D eigenvalue weighted by Crippen LogP contribution is -2.34. The van der Waals surface area contributed by atoms with Crippen molar-refractivity contribution in [3.05, 3.63) is 34.8 Å².